The van der Waals surface area contributed by atoms with Crippen LogP contribution in [0.4, 0.5) is 4.79 Å². The number of urea groups is 1. The van der Waals surface area contributed by atoms with Gasteiger partial charge in [0.25, 0.3) is 0 Å². The van der Waals surface area contributed by atoms with Gasteiger partial charge in [-0.2, -0.15) is 0 Å². The Morgan fingerprint density at radius 1 is 1.19 bits per heavy atom. The molecule has 2 heterocycles. The van der Waals surface area contributed by atoms with E-state index in [0.717, 1.165) is 24.1 Å². The van der Waals surface area contributed by atoms with E-state index in [4.69, 9.17) is 0 Å². The molecule has 0 atom stereocenters. The Labute approximate surface area is 127 Å². The van der Waals surface area contributed by atoms with Crippen LogP contribution in [-0.4, -0.2) is 29.3 Å². The zero-order valence-electron chi connectivity index (χ0n) is 11.8. The number of amides is 4. The fraction of sp³-hybridized carbons (Fsp3) is 0.533. The maximum absolute atomic E-state index is 12.7. The molecule has 0 unspecified atom stereocenters. The van der Waals surface area contributed by atoms with Crippen molar-refractivity contribution in [2.24, 2.45) is 5.41 Å². The van der Waals surface area contributed by atoms with Gasteiger partial charge >= 0.3 is 6.03 Å². The molecule has 1 N–H and O–H groups in total. The van der Waals surface area contributed by atoms with E-state index in [1.54, 1.807) is 11.3 Å². The Balaban J connectivity index is 1.77. The standard InChI is InChI=1S/C15H18N2O3S/c18-12-15(7-2-1-3-8-15)13(19)17(14(20)16-12)9-6-11-5-4-10-21-11/h4-5,10H,1-3,6-9H2,(H,16,18,20). The van der Waals surface area contributed by atoms with Crippen molar-refractivity contribution in [1.82, 2.24) is 10.2 Å². The quantitative estimate of drug-likeness (QED) is 0.872. The lowest BCUT2D eigenvalue weighted by molar-refractivity contribution is -0.153. The Kier molecular flexibility index (Phi) is 3.80. The number of carbonyl (C=O) groups excluding carboxylic acids is 3. The lowest BCUT2D eigenvalue weighted by Gasteiger charge is -2.41. The summed E-state index contributed by atoms with van der Waals surface area (Å²) in [4.78, 5) is 39.3. The van der Waals surface area contributed by atoms with E-state index in [1.807, 2.05) is 17.5 Å². The molecule has 3 rings (SSSR count). The van der Waals surface area contributed by atoms with Crippen LogP contribution in [0.2, 0.25) is 0 Å². The third kappa shape index (κ3) is 2.48. The van der Waals surface area contributed by atoms with Crippen LogP contribution in [0.15, 0.2) is 17.5 Å². The molecule has 2 fully saturated rings. The maximum atomic E-state index is 12.7. The summed E-state index contributed by atoms with van der Waals surface area (Å²) in [7, 11) is 0. The summed E-state index contributed by atoms with van der Waals surface area (Å²) < 4.78 is 0. The monoisotopic (exact) mass is 306 g/mol. The lowest BCUT2D eigenvalue weighted by atomic mass is 9.71. The second-order valence-electron chi connectivity index (χ2n) is 5.69. The van der Waals surface area contributed by atoms with Gasteiger partial charge in [-0.25, -0.2) is 4.79 Å². The molecular weight excluding hydrogens is 288 g/mol. The van der Waals surface area contributed by atoms with Gasteiger partial charge in [0.15, 0.2) is 0 Å². The average Bonchev–Trinajstić information content (AvgIpc) is 3.00. The van der Waals surface area contributed by atoms with Gasteiger partial charge in [0.2, 0.25) is 11.8 Å². The first kappa shape index (κ1) is 14.3. The SMILES string of the molecule is O=C1NC(=O)C2(CCCCC2)C(=O)N1CCc1cccs1. The zero-order valence-corrected chi connectivity index (χ0v) is 12.6. The van der Waals surface area contributed by atoms with Gasteiger partial charge in [-0.1, -0.05) is 25.3 Å². The number of nitrogens with one attached hydrogen (secondary N) is 1. The summed E-state index contributed by atoms with van der Waals surface area (Å²) in [5.41, 5.74) is -0.998. The number of carbonyl (C=O) groups is 3. The van der Waals surface area contributed by atoms with E-state index >= 15 is 0 Å². The molecule has 0 aromatic carbocycles. The minimum atomic E-state index is -0.998. The highest BCUT2D eigenvalue weighted by Gasteiger charge is 2.53. The van der Waals surface area contributed by atoms with Gasteiger partial charge < -0.3 is 0 Å². The first-order chi connectivity index (χ1) is 10.1. The highest BCUT2D eigenvalue weighted by molar-refractivity contribution is 7.09. The molecule has 5 nitrogen and oxygen atoms in total. The van der Waals surface area contributed by atoms with Gasteiger partial charge in [-0.3, -0.25) is 19.8 Å². The topological polar surface area (TPSA) is 66.5 Å². The first-order valence-corrected chi connectivity index (χ1v) is 8.21. The number of barbiturate groups is 1. The van der Waals surface area contributed by atoms with Gasteiger partial charge in [0, 0.05) is 11.4 Å². The van der Waals surface area contributed by atoms with E-state index in [1.165, 1.54) is 4.90 Å². The maximum Gasteiger partial charge on any atom is 0.330 e. The van der Waals surface area contributed by atoms with Gasteiger partial charge in [0.1, 0.15) is 5.41 Å². The molecular formula is C15H18N2O3S. The van der Waals surface area contributed by atoms with Crippen molar-refractivity contribution in [2.75, 3.05) is 6.54 Å². The normalized spacial score (nSPS) is 21.7. The molecule has 1 aliphatic carbocycles. The van der Waals surface area contributed by atoms with Crippen LogP contribution < -0.4 is 5.32 Å². The molecule has 1 saturated heterocycles. The van der Waals surface area contributed by atoms with Crippen LogP contribution in [-0.2, 0) is 16.0 Å². The largest absolute Gasteiger partial charge is 0.330 e. The molecule has 2 aliphatic rings. The third-order valence-corrected chi connectivity index (χ3v) is 5.36. The minimum absolute atomic E-state index is 0.299. The number of rotatable bonds is 3. The molecule has 1 saturated carbocycles. The van der Waals surface area contributed by atoms with Gasteiger partial charge in [0.05, 0.1) is 0 Å². The lowest BCUT2D eigenvalue weighted by Crippen LogP contribution is -2.64. The Morgan fingerprint density at radius 3 is 2.62 bits per heavy atom. The summed E-state index contributed by atoms with van der Waals surface area (Å²) in [5.74, 6) is -0.697. The molecule has 112 valence electrons. The van der Waals surface area contributed by atoms with Crippen LogP contribution >= 0.6 is 11.3 Å². The van der Waals surface area contributed by atoms with E-state index < -0.39 is 17.4 Å². The predicted octanol–water partition coefficient (Wildman–Crippen LogP) is 2.32. The Hall–Kier alpha value is -1.69. The molecule has 0 bridgehead atoms. The van der Waals surface area contributed by atoms with E-state index in [2.05, 4.69) is 5.32 Å². The van der Waals surface area contributed by atoms with Gasteiger partial charge in [-0.15, -0.1) is 11.3 Å². The number of hydrogen-bond donors (Lipinski definition) is 1. The van der Waals surface area contributed by atoms with Crippen molar-refractivity contribution in [3.05, 3.63) is 22.4 Å². The minimum Gasteiger partial charge on any atom is -0.277 e. The van der Waals surface area contributed by atoms with Crippen LogP contribution in [0, 0.1) is 5.41 Å². The number of hydrogen-bond acceptors (Lipinski definition) is 4. The Bertz CT molecular complexity index is 561. The van der Waals surface area contributed by atoms with Crippen molar-refractivity contribution in [2.45, 2.75) is 38.5 Å². The van der Waals surface area contributed by atoms with Crippen molar-refractivity contribution in [1.29, 1.82) is 0 Å². The molecule has 4 amide bonds. The van der Waals surface area contributed by atoms with Gasteiger partial charge in [-0.05, 0) is 30.7 Å². The average molecular weight is 306 g/mol. The summed E-state index contributed by atoms with van der Waals surface area (Å²) in [6.45, 7) is 0.334. The first-order valence-electron chi connectivity index (χ1n) is 7.33. The summed E-state index contributed by atoms with van der Waals surface area (Å²) in [6, 6.07) is 3.36. The number of imide groups is 2. The van der Waals surface area contributed by atoms with E-state index in [-0.39, 0.29) is 5.91 Å². The van der Waals surface area contributed by atoms with Crippen molar-refractivity contribution in [3.8, 4) is 0 Å². The van der Waals surface area contributed by atoms with Crippen molar-refractivity contribution >= 4 is 29.2 Å². The van der Waals surface area contributed by atoms with Crippen LogP contribution in [0.5, 0.6) is 0 Å². The van der Waals surface area contributed by atoms with Crippen molar-refractivity contribution < 1.29 is 14.4 Å². The third-order valence-electron chi connectivity index (χ3n) is 4.42. The molecule has 1 aromatic rings. The Morgan fingerprint density at radius 2 is 1.95 bits per heavy atom. The highest BCUT2D eigenvalue weighted by atomic mass is 32.1. The van der Waals surface area contributed by atoms with E-state index in [9.17, 15) is 14.4 Å². The predicted molar refractivity (Wildman–Crippen MR) is 78.8 cm³/mol. The second kappa shape index (κ2) is 5.60. The highest BCUT2D eigenvalue weighted by Crippen LogP contribution is 2.40. The van der Waals surface area contributed by atoms with Crippen molar-refractivity contribution in [3.63, 3.8) is 0 Å². The number of thiophene rings is 1. The molecule has 0 radical (unpaired) electrons. The van der Waals surface area contributed by atoms with Crippen LogP contribution in [0.1, 0.15) is 37.0 Å². The number of nitrogens with zero attached hydrogens (tertiary/aromatic N) is 1. The molecule has 1 aromatic heterocycles. The van der Waals surface area contributed by atoms with Crippen LogP contribution in [0.3, 0.4) is 0 Å². The molecule has 1 aliphatic heterocycles. The summed E-state index contributed by atoms with van der Waals surface area (Å²) in [6.07, 6.45) is 4.53. The molecule has 6 heteroatoms. The summed E-state index contributed by atoms with van der Waals surface area (Å²) in [5, 5.41) is 4.35. The molecule has 1 spiro atoms. The zero-order chi connectivity index (χ0) is 14.9. The molecule has 21 heavy (non-hydrogen) atoms. The van der Waals surface area contributed by atoms with Crippen LogP contribution in [0.25, 0.3) is 0 Å². The fourth-order valence-corrected chi connectivity index (χ4v) is 3.91. The second-order valence-corrected chi connectivity index (χ2v) is 6.72. The summed E-state index contributed by atoms with van der Waals surface area (Å²) >= 11 is 1.60. The van der Waals surface area contributed by atoms with E-state index in [0.29, 0.717) is 25.8 Å². The smallest absolute Gasteiger partial charge is 0.277 e. The fourth-order valence-electron chi connectivity index (χ4n) is 3.21.